The Labute approximate surface area is 125 Å². The molecule has 2 aromatic rings. The lowest BCUT2D eigenvalue weighted by Gasteiger charge is -2.42. The van der Waals surface area contributed by atoms with Crippen LogP contribution in [0.15, 0.2) is 30.6 Å². The van der Waals surface area contributed by atoms with Gasteiger partial charge in [0, 0.05) is 49.3 Å². The molecule has 112 valence electrons. The highest BCUT2D eigenvalue weighted by Crippen LogP contribution is 2.28. The summed E-state index contributed by atoms with van der Waals surface area (Å²) in [6, 6.07) is 6.36. The van der Waals surface area contributed by atoms with Gasteiger partial charge in [0.25, 0.3) is 0 Å². The minimum Gasteiger partial charge on any atom is -0.327 e. The molecule has 0 aromatic carbocycles. The fourth-order valence-corrected chi connectivity index (χ4v) is 2.97. The van der Waals surface area contributed by atoms with Gasteiger partial charge in [0.05, 0.1) is 5.69 Å². The fraction of sp³-hybridized carbons (Fsp3) is 0.500. The highest BCUT2D eigenvalue weighted by molar-refractivity contribution is 5.57. The van der Waals surface area contributed by atoms with Crippen molar-refractivity contribution in [3.05, 3.63) is 36.3 Å². The van der Waals surface area contributed by atoms with Crippen molar-refractivity contribution in [1.82, 2.24) is 20.1 Å². The number of pyridine rings is 1. The van der Waals surface area contributed by atoms with Crippen LogP contribution in [0.4, 0.5) is 0 Å². The molecule has 0 bridgehead atoms. The average Bonchev–Trinajstić information content (AvgIpc) is 2.92. The van der Waals surface area contributed by atoms with Crippen molar-refractivity contribution < 1.29 is 0 Å². The van der Waals surface area contributed by atoms with Crippen LogP contribution in [0.3, 0.4) is 0 Å². The van der Waals surface area contributed by atoms with E-state index < -0.39 is 0 Å². The Hall–Kier alpha value is -1.72. The van der Waals surface area contributed by atoms with Gasteiger partial charge in [-0.3, -0.25) is 15.0 Å². The zero-order chi connectivity index (χ0) is 14.9. The lowest BCUT2D eigenvalue weighted by molar-refractivity contribution is 0.0889. The molecule has 0 spiro atoms. The van der Waals surface area contributed by atoms with Gasteiger partial charge in [-0.15, -0.1) is 0 Å². The van der Waals surface area contributed by atoms with Crippen LogP contribution < -0.4 is 5.73 Å². The summed E-state index contributed by atoms with van der Waals surface area (Å²) in [6.07, 6.45) is 4.66. The van der Waals surface area contributed by atoms with Crippen molar-refractivity contribution in [1.29, 1.82) is 0 Å². The van der Waals surface area contributed by atoms with Crippen molar-refractivity contribution in [2.45, 2.75) is 32.9 Å². The number of nitrogens with zero attached hydrogens (tertiary/aromatic N) is 3. The van der Waals surface area contributed by atoms with E-state index in [2.05, 4.69) is 40.0 Å². The van der Waals surface area contributed by atoms with Gasteiger partial charge in [-0.2, -0.15) is 5.10 Å². The minimum absolute atomic E-state index is 0.171. The lowest BCUT2D eigenvalue weighted by atomic mass is 9.80. The number of likely N-dealkylation sites (tertiary alicyclic amines) is 1. The van der Waals surface area contributed by atoms with Gasteiger partial charge in [-0.05, 0) is 30.0 Å². The topological polar surface area (TPSA) is 70.8 Å². The number of rotatable bonds is 3. The van der Waals surface area contributed by atoms with Crippen molar-refractivity contribution in [3.63, 3.8) is 0 Å². The van der Waals surface area contributed by atoms with E-state index in [1.165, 1.54) is 0 Å². The molecular formula is C16H23N5. The van der Waals surface area contributed by atoms with Crippen LogP contribution in [-0.2, 0) is 6.54 Å². The molecule has 1 aliphatic rings. The minimum atomic E-state index is 0.171. The van der Waals surface area contributed by atoms with Crippen LogP contribution in [0.25, 0.3) is 11.3 Å². The molecule has 3 rings (SSSR count). The predicted octanol–water partition coefficient (Wildman–Crippen LogP) is 2.03. The molecule has 0 saturated carbocycles. The molecule has 1 unspecified atom stereocenters. The van der Waals surface area contributed by atoms with E-state index >= 15 is 0 Å². The SMILES string of the molecule is CC1(C)CN(Cc2cc(-c3cccnc3)n[nH]2)CCC1N. The van der Waals surface area contributed by atoms with Gasteiger partial charge in [0.1, 0.15) is 0 Å². The Balaban J connectivity index is 1.68. The summed E-state index contributed by atoms with van der Waals surface area (Å²) in [6.45, 7) is 7.46. The van der Waals surface area contributed by atoms with Crippen LogP contribution in [0.1, 0.15) is 26.0 Å². The number of nitrogens with one attached hydrogen (secondary N) is 1. The Kier molecular flexibility index (Phi) is 3.78. The molecule has 5 heteroatoms. The molecule has 1 saturated heterocycles. The van der Waals surface area contributed by atoms with E-state index in [1.807, 2.05) is 18.3 Å². The lowest BCUT2D eigenvalue weighted by Crippen LogP contribution is -2.52. The standard InChI is InChI=1S/C16H23N5/c1-16(2)11-21(7-5-15(16)17)10-13-8-14(20-19-13)12-4-3-6-18-9-12/h3-4,6,8-9,15H,5,7,10-11,17H2,1-2H3,(H,19,20). The highest BCUT2D eigenvalue weighted by atomic mass is 15.2. The van der Waals surface area contributed by atoms with E-state index in [1.54, 1.807) is 6.20 Å². The predicted molar refractivity (Wildman–Crippen MR) is 83.5 cm³/mol. The summed E-state index contributed by atoms with van der Waals surface area (Å²) >= 11 is 0. The van der Waals surface area contributed by atoms with Gasteiger partial charge >= 0.3 is 0 Å². The summed E-state index contributed by atoms with van der Waals surface area (Å²) in [5.41, 5.74) is 9.50. The highest BCUT2D eigenvalue weighted by Gasteiger charge is 2.33. The maximum Gasteiger partial charge on any atom is 0.0939 e. The van der Waals surface area contributed by atoms with E-state index in [9.17, 15) is 0 Å². The molecule has 0 radical (unpaired) electrons. The molecule has 0 aliphatic carbocycles. The molecule has 1 atom stereocenters. The van der Waals surface area contributed by atoms with E-state index in [-0.39, 0.29) is 5.41 Å². The van der Waals surface area contributed by atoms with E-state index in [0.717, 1.165) is 43.0 Å². The quantitative estimate of drug-likeness (QED) is 0.905. The molecule has 21 heavy (non-hydrogen) atoms. The van der Waals surface area contributed by atoms with Gasteiger partial charge in [-0.1, -0.05) is 13.8 Å². The number of hydrogen-bond acceptors (Lipinski definition) is 4. The molecule has 1 aliphatic heterocycles. The molecule has 3 heterocycles. The Morgan fingerprint density at radius 3 is 3.05 bits per heavy atom. The normalized spacial score (nSPS) is 22.3. The Bertz CT molecular complexity index is 590. The van der Waals surface area contributed by atoms with E-state index in [4.69, 9.17) is 5.73 Å². The first-order chi connectivity index (χ1) is 10.0. The molecular weight excluding hydrogens is 262 g/mol. The fourth-order valence-electron chi connectivity index (χ4n) is 2.97. The zero-order valence-corrected chi connectivity index (χ0v) is 12.7. The Morgan fingerprint density at radius 2 is 2.33 bits per heavy atom. The smallest absolute Gasteiger partial charge is 0.0939 e. The number of hydrogen-bond donors (Lipinski definition) is 2. The maximum absolute atomic E-state index is 6.19. The summed E-state index contributed by atoms with van der Waals surface area (Å²) < 4.78 is 0. The zero-order valence-electron chi connectivity index (χ0n) is 12.7. The van der Waals surface area contributed by atoms with Crippen molar-refractivity contribution >= 4 is 0 Å². The third-order valence-electron chi connectivity index (χ3n) is 4.37. The van der Waals surface area contributed by atoms with Crippen LogP contribution >= 0.6 is 0 Å². The average molecular weight is 285 g/mol. The number of aromatic amines is 1. The second-order valence-electron chi connectivity index (χ2n) is 6.61. The first-order valence-electron chi connectivity index (χ1n) is 7.47. The first kappa shape index (κ1) is 14.2. The second-order valence-corrected chi connectivity index (χ2v) is 6.61. The molecule has 0 amide bonds. The number of aromatic nitrogens is 3. The third-order valence-corrected chi connectivity index (χ3v) is 4.37. The van der Waals surface area contributed by atoms with E-state index in [0.29, 0.717) is 6.04 Å². The monoisotopic (exact) mass is 285 g/mol. The van der Waals surface area contributed by atoms with Crippen molar-refractivity contribution in [3.8, 4) is 11.3 Å². The molecule has 2 aromatic heterocycles. The largest absolute Gasteiger partial charge is 0.327 e. The van der Waals surface area contributed by atoms with Gasteiger partial charge in [0.2, 0.25) is 0 Å². The Morgan fingerprint density at radius 1 is 1.48 bits per heavy atom. The maximum atomic E-state index is 6.19. The van der Waals surface area contributed by atoms with Gasteiger partial charge in [-0.25, -0.2) is 0 Å². The second kappa shape index (κ2) is 5.58. The molecule has 5 nitrogen and oxygen atoms in total. The van der Waals surface area contributed by atoms with Crippen molar-refractivity contribution in [2.75, 3.05) is 13.1 Å². The molecule has 3 N–H and O–H groups in total. The van der Waals surface area contributed by atoms with Crippen LogP contribution in [-0.4, -0.2) is 39.2 Å². The van der Waals surface area contributed by atoms with Gasteiger partial charge < -0.3 is 5.73 Å². The summed E-state index contributed by atoms with van der Waals surface area (Å²) in [7, 11) is 0. The van der Waals surface area contributed by atoms with Crippen molar-refractivity contribution in [2.24, 2.45) is 11.1 Å². The number of H-pyrrole nitrogens is 1. The van der Waals surface area contributed by atoms with Crippen LogP contribution in [0.2, 0.25) is 0 Å². The molecule has 1 fully saturated rings. The van der Waals surface area contributed by atoms with Gasteiger partial charge in [0.15, 0.2) is 0 Å². The number of piperidine rings is 1. The number of nitrogens with two attached hydrogens (primary N) is 1. The summed E-state index contributed by atoms with van der Waals surface area (Å²) in [5, 5.41) is 7.53. The first-order valence-corrected chi connectivity index (χ1v) is 7.47. The third kappa shape index (κ3) is 3.14. The van der Waals surface area contributed by atoms with Crippen LogP contribution in [0.5, 0.6) is 0 Å². The summed E-state index contributed by atoms with van der Waals surface area (Å²) in [4.78, 5) is 6.58. The summed E-state index contributed by atoms with van der Waals surface area (Å²) in [5.74, 6) is 0. The van der Waals surface area contributed by atoms with Crippen LogP contribution in [0, 0.1) is 5.41 Å².